The molecule has 1 saturated heterocycles. The van der Waals surface area contributed by atoms with Crippen molar-refractivity contribution < 1.29 is 4.79 Å². The second-order valence-electron chi connectivity index (χ2n) is 7.97. The molecule has 5 heteroatoms. The molecule has 0 spiro atoms. The molecule has 3 nitrogen and oxygen atoms in total. The SMILES string of the molecule is O=C(Nc1ccc(CSc2ccccc2)cc1)C1CCN(Cc2cccc(Cl)c2)CC1. The monoisotopic (exact) mass is 450 g/mol. The Morgan fingerprint density at radius 1 is 0.935 bits per heavy atom. The van der Waals surface area contributed by atoms with Crippen LogP contribution in [0.25, 0.3) is 0 Å². The Bertz CT molecular complexity index is 986. The van der Waals surface area contributed by atoms with Crippen LogP contribution in [0.4, 0.5) is 5.69 Å². The van der Waals surface area contributed by atoms with Gasteiger partial charge >= 0.3 is 0 Å². The van der Waals surface area contributed by atoms with E-state index in [-0.39, 0.29) is 11.8 Å². The van der Waals surface area contributed by atoms with Crippen molar-refractivity contribution in [3.8, 4) is 0 Å². The third kappa shape index (κ3) is 6.60. The van der Waals surface area contributed by atoms with Gasteiger partial charge in [0.1, 0.15) is 0 Å². The number of nitrogens with zero attached hydrogens (tertiary/aromatic N) is 1. The summed E-state index contributed by atoms with van der Waals surface area (Å²) >= 11 is 7.91. The predicted octanol–water partition coefficient (Wildman–Crippen LogP) is 6.48. The van der Waals surface area contributed by atoms with Crippen molar-refractivity contribution in [1.82, 2.24) is 4.90 Å². The molecule has 1 amide bonds. The van der Waals surface area contributed by atoms with Crippen LogP contribution in [0.5, 0.6) is 0 Å². The molecule has 0 unspecified atom stereocenters. The number of halogens is 1. The molecule has 1 heterocycles. The van der Waals surface area contributed by atoms with Crippen molar-refractivity contribution in [2.24, 2.45) is 5.92 Å². The van der Waals surface area contributed by atoms with Gasteiger partial charge in [0.15, 0.2) is 0 Å². The van der Waals surface area contributed by atoms with E-state index in [9.17, 15) is 4.79 Å². The molecule has 0 aliphatic carbocycles. The predicted molar refractivity (Wildman–Crippen MR) is 131 cm³/mol. The molecule has 0 bridgehead atoms. The molecular formula is C26H27ClN2OS. The van der Waals surface area contributed by atoms with Crippen LogP contribution in [0.2, 0.25) is 5.02 Å². The minimum Gasteiger partial charge on any atom is -0.326 e. The molecule has 31 heavy (non-hydrogen) atoms. The molecule has 3 aromatic carbocycles. The van der Waals surface area contributed by atoms with Crippen molar-refractivity contribution in [2.75, 3.05) is 18.4 Å². The molecule has 3 aromatic rings. The number of likely N-dealkylation sites (tertiary alicyclic amines) is 1. The number of carbonyl (C=O) groups is 1. The maximum atomic E-state index is 12.7. The molecule has 0 radical (unpaired) electrons. The van der Waals surface area contributed by atoms with E-state index in [0.717, 1.165) is 48.9 Å². The fraction of sp³-hybridized carbons (Fsp3) is 0.269. The van der Waals surface area contributed by atoms with Crippen molar-refractivity contribution in [2.45, 2.75) is 30.0 Å². The van der Waals surface area contributed by atoms with Crippen LogP contribution in [0.1, 0.15) is 24.0 Å². The van der Waals surface area contributed by atoms with E-state index in [2.05, 4.69) is 52.7 Å². The summed E-state index contributed by atoms with van der Waals surface area (Å²) in [5.41, 5.74) is 3.35. The summed E-state index contributed by atoms with van der Waals surface area (Å²) in [6.07, 6.45) is 1.77. The fourth-order valence-electron chi connectivity index (χ4n) is 3.86. The summed E-state index contributed by atoms with van der Waals surface area (Å²) in [7, 11) is 0. The quantitative estimate of drug-likeness (QED) is 0.418. The highest BCUT2D eigenvalue weighted by atomic mass is 35.5. The van der Waals surface area contributed by atoms with Crippen LogP contribution < -0.4 is 5.32 Å². The van der Waals surface area contributed by atoms with Crippen molar-refractivity contribution >= 4 is 35.0 Å². The van der Waals surface area contributed by atoms with Gasteiger partial charge in [-0.2, -0.15) is 0 Å². The number of amides is 1. The van der Waals surface area contributed by atoms with E-state index in [1.807, 2.05) is 48.2 Å². The van der Waals surface area contributed by atoms with E-state index in [1.54, 1.807) is 0 Å². The summed E-state index contributed by atoms with van der Waals surface area (Å²) in [5.74, 6) is 1.13. The molecule has 0 atom stereocenters. The van der Waals surface area contributed by atoms with Crippen LogP contribution in [0, 0.1) is 5.92 Å². The number of piperidine rings is 1. The number of anilines is 1. The lowest BCUT2D eigenvalue weighted by Gasteiger charge is -2.31. The highest BCUT2D eigenvalue weighted by Gasteiger charge is 2.25. The molecule has 1 N–H and O–H groups in total. The van der Waals surface area contributed by atoms with Crippen LogP contribution >= 0.6 is 23.4 Å². The fourth-order valence-corrected chi connectivity index (χ4v) is 4.95. The zero-order chi connectivity index (χ0) is 21.5. The third-order valence-corrected chi connectivity index (χ3v) is 6.94. The standard InChI is InChI=1S/C26H27ClN2OS/c27-23-6-4-5-21(17-23)18-29-15-13-22(14-16-29)26(30)28-24-11-9-20(10-12-24)19-31-25-7-2-1-3-8-25/h1-12,17,22H,13-16,18-19H2,(H,28,30). The largest absolute Gasteiger partial charge is 0.326 e. The lowest BCUT2D eigenvalue weighted by atomic mass is 9.95. The number of rotatable bonds is 7. The van der Waals surface area contributed by atoms with Gasteiger partial charge in [-0.15, -0.1) is 11.8 Å². The van der Waals surface area contributed by atoms with Gasteiger partial charge < -0.3 is 5.32 Å². The normalized spacial score (nSPS) is 15.0. The number of hydrogen-bond acceptors (Lipinski definition) is 3. The molecule has 4 rings (SSSR count). The van der Waals surface area contributed by atoms with Gasteiger partial charge in [-0.25, -0.2) is 0 Å². The summed E-state index contributed by atoms with van der Waals surface area (Å²) in [4.78, 5) is 16.4. The number of carbonyl (C=O) groups excluding carboxylic acids is 1. The zero-order valence-corrected chi connectivity index (χ0v) is 19.0. The van der Waals surface area contributed by atoms with Gasteiger partial charge in [-0.3, -0.25) is 9.69 Å². The van der Waals surface area contributed by atoms with Gasteiger partial charge in [-0.1, -0.05) is 54.1 Å². The van der Waals surface area contributed by atoms with E-state index < -0.39 is 0 Å². The molecule has 1 aliphatic heterocycles. The van der Waals surface area contributed by atoms with Gasteiger partial charge in [0.05, 0.1) is 0 Å². The first-order valence-corrected chi connectivity index (χ1v) is 12.1. The van der Waals surface area contributed by atoms with Crippen LogP contribution in [0.15, 0.2) is 83.8 Å². The maximum absolute atomic E-state index is 12.7. The van der Waals surface area contributed by atoms with Crippen molar-refractivity contribution in [1.29, 1.82) is 0 Å². The average Bonchev–Trinajstić information content (AvgIpc) is 2.80. The first kappa shape index (κ1) is 21.9. The highest BCUT2D eigenvalue weighted by Crippen LogP contribution is 2.24. The number of hydrogen-bond donors (Lipinski definition) is 1. The topological polar surface area (TPSA) is 32.3 Å². The Balaban J connectivity index is 1.22. The van der Waals surface area contributed by atoms with Crippen LogP contribution in [0.3, 0.4) is 0 Å². The highest BCUT2D eigenvalue weighted by molar-refractivity contribution is 7.98. The second kappa shape index (κ2) is 10.9. The van der Waals surface area contributed by atoms with Gasteiger partial charge in [0.2, 0.25) is 5.91 Å². The summed E-state index contributed by atoms with van der Waals surface area (Å²) in [6, 6.07) is 26.6. The van der Waals surface area contributed by atoms with Crippen molar-refractivity contribution in [3.05, 3.63) is 95.0 Å². The number of thioether (sulfide) groups is 1. The van der Waals surface area contributed by atoms with Gasteiger partial charge in [0, 0.05) is 33.8 Å². The third-order valence-electron chi connectivity index (χ3n) is 5.62. The summed E-state index contributed by atoms with van der Waals surface area (Å²) < 4.78 is 0. The Kier molecular flexibility index (Phi) is 7.68. The Morgan fingerprint density at radius 3 is 2.39 bits per heavy atom. The van der Waals surface area contributed by atoms with Crippen LogP contribution in [-0.4, -0.2) is 23.9 Å². The second-order valence-corrected chi connectivity index (χ2v) is 9.45. The van der Waals surface area contributed by atoms with Gasteiger partial charge in [-0.05, 0) is 73.5 Å². The Morgan fingerprint density at radius 2 is 1.68 bits per heavy atom. The lowest BCUT2D eigenvalue weighted by molar-refractivity contribution is -0.121. The number of nitrogens with one attached hydrogen (secondary N) is 1. The number of benzene rings is 3. The first-order valence-electron chi connectivity index (χ1n) is 10.7. The average molecular weight is 451 g/mol. The van der Waals surface area contributed by atoms with E-state index >= 15 is 0 Å². The van der Waals surface area contributed by atoms with Gasteiger partial charge in [0.25, 0.3) is 0 Å². The minimum absolute atomic E-state index is 0.0731. The zero-order valence-electron chi connectivity index (χ0n) is 17.5. The first-order chi connectivity index (χ1) is 15.2. The van der Waals surface area contributed by atoms with E-state index in [4.69, 9.17) is 11.6 Å². The molecule has 1 fully saturated rings. The molecule has 0 saturated carbocycles. The summed E-state index contributed by atoms with van der Waals surface area (Å²) in [6.45, 7) is 2.75. The smallest absolute Gasteiger partial charge is 0.227 e. The van der Waals surface area contributed by atoms with Crippen LogP contribution in [-0.2, 0) is 17.1 Å². The van der Waals surface area contributed by atoms with E-state index in [0.29, 0.717) is 0 Å². The minimum atomic E-state index is 0.0731. The molecule has 160 valence electrons. The molecule has 0 aromatic heterocycles. The molecule has 1 aliphatic rings. The lowest BCUT2D eigenvalue weighted by Crippen LogP contribution is -2.37. The maximum Gasteiger partial charge on any atom is 0.227 e. The Labute approximate surface area is 193 Å². The van der Waals surface area contributed by atoms with E-state index in [1.165, 1.54) is 16.0 Å². The molecular weight excluding hydrogens is 424 g/mol. The summed E-state index contributed by atoms with van der Waals surface area (Å²) in [5, 5.41) is 3.88. The Hall–Kier alpha value is -2.27. The van der Waals surface area contributed by atoms with Crippen molar-refractivity contribution in [3.63, 3.8) is 0 Å².